The Morgan fingerprint density at radius 1 is 1.56 bits per heavy atom. The van der Waals surface area contributed by atoms with Gasteiger partial charge in [0.2, 0.25) is 0 Å². The van der Waals surface area contributed by atoms with Gasteiger partial charge in [-0.2, -0.15) is 0 Å². The fourth-order valence-electron chi connectivity index (χ4n) is 1.54. The van der Waals surface area contributed by atoms with Crippen LogP contribution < -0.4 is 10.2 Å². The van der Waals surface area contributed by atoms with Gasteiger partial charge in [0.1, 0.15) is 5.69 Å². The second-order valence-electron chi connectivity index (χ2n) is 4.20. The van der Waals surface area contributed by atoms with Gasteiger partial charge in [-0.05, 0) is 12.1 Å². The molecule has 0 aliphatic carbocycles. The Bertz CT molecular complexity index is 544. The summed E-state index contributed by atoms with van der Waals surface area (Å²) in [6.07, 6.45) is 1.85. The lowest BCUT2D eigenvalue weighted by atomic mass is 10.4. The number of anilines is 1. The molecule has 0 aromatic carbocycles. The highest BCUT2D eigenvalue weighted by molar-refractivity contribution is 7.13. The molecule has 0 saturated carbocycles. The van der Waals surface area contributed by atoms with E-state index in [-0.39, 0.29) is 5.91 Å². The maximum Gasteiger partial charge on any atom is 0.268 e. The fourth-order valence-corrected chi connectivity index (χ4v) is 2.30. The molecule has 0 saturated heterocycles. The molecule has 2 rings (SSSR count). The van der Waals surface area contributed by atoms with E-state index in [1.807, 2.05) is 43.7 Å². The van der Waals surface area contributed by atoms with Crippen molar-refractivity contribution in [2.24, 2.45) is 7.05 Å². The van der Waals surface area contributed by atoms with Crippen LogP contribution in [-0.4, -0.2) is 29.6 Å². The van der Waals surface area contributed by atoms with E-state index in [0.717, 1.165) is 10.8 Å². The minimum absolute atomic E-state index is 0.0816. The second kappa shape index (κ2) is 5.22. The SMILES string of the molecule is CN(C)c1nc(CNC(=O)c2cccn2C)cs1. The number of carbonyl (C=O) groups is 1. The Kier molecular flexibility index (Phi) is 3.66. The molecular formula is C12H16N4OS. The first-order valence-corrected chi connectivity index (χ1v) is 6.47. The van der Waals surface area contributed by atoms with Crippen molar-refractivity contribution in [3.63, 3.8) is 0 Å². The van der Waals surface area contributed by atoms with Crippen LogP contribution in [0, 0.1) is 0 Å². The maximum atomic E-state index is 11.9. The molecule has 2 aromatic rings. The zero-order valence-corrected chi connectivity index (χ0v) is 11.5. The Labute approximate surface area is 110 Å². The number of thiazole rings is 1. The van der Waals surface area contributed by atoms with Crippen LogP contribution in [0.15, 0.2) is 23.7 Å². The van der Waals surface area contributed by atoms with Crippen molar-refractivity contribution in [1.29, 1.82) is 0 Å². The molecule has 0 radical (unpaired) electrons. The molecular weight excluding hydrogens is 248 g/mol. The van der Waals surface area contributed by atoms with E-state index in [1.165, 1.54) is 0 Å². The van der Waals surface area contributed by atoms with Crippen LogP contribution in [0.2, 0.25) is 0 Å². The average molecular weight is 264 g/mol. The maximum absolute atomic E-state index is 11.9. The Morgan fingerprint density at radius 3 is 2.89 bits per heavy atom. The lowest BCUT2D eigenvalue weighted by Crippen LogP contribution is -2.24. The van der Waals surface area contributed by atoms with E-state index in [2.05, 4.69) is 10.3 Å². The summed E-state index contributed by atoms with van der Waals surface area (Å²) in [5.41, 5.74) is 1.53. The van der Waals surface area contributed by atoms with Crippen LogP contribution in [0.5, 0.6) is 0 Å². The van der Waals surface area contributed by atoms with Gasteiger partial charge < -0.3 is 14.8 Å². The summed E-state index contributed by atoms with van der Waals surface area (Å²) in [6, 6.07) is 3.64. The normalized spacial score (nSPS) is 10.4. The zero-order valence-electron chi connectivity index (χ0n) is 10.7. The number of aryl methyl sites for hydroxylation is 1. The van der Waals surface area contributed by atoms with E-state index in [0.29, 0.717) is 12.2 Å². The molecule has 0 unspecified atom stereocenters. The molecule has 6 heteroatoms. The van der Waals surface area contributed by atoms with Crippen molar-refractivity contribution in [1.82, 2.24) is 14.9 Å². The molecule has 0 spiro atoms. The van der Waals surface area contributed by atoms with Crippen LogP contribution in [0.25, 0.3) is 0 Å². The Balaban J connectivity index is 1.95. The third kappa shape index (κ3) is 2.70. The number of nitrogens with one attached hydrogen (secondary N) is 1. The fraction of sp³-hybridized carbons (Fsp3) is 0.333. The molecule has 0 bridgehead atoms. The first-order chi connectivity index (χ1) is 8.58. The van der Waals surface area contributed by atoms with Gasteiger partial charge in [-0.1, -0.05) is 0 Å². The Morgan fingerprint density at radius 2 is 2.33 bits per heavy atom. The van der Waals surface area contributed by atoms with Crippen molar-refractivity contribution in [2.45, 2.75) is 6.54 Å². The molecule has 18 heavy (non-hydrogen) atoms. The predicted octanol–water partition coefficient (Wildman–Crippen LogP) is 1.48. The van der Waals surface area contributed by atoms with E-state index < -0.39 is 0 Å². The molecule has 1 N–H and O–H groups in total. The van der Waals surface area contributed by atoms with Gasteiger partial charge in [-0.3, -0.25) is 4.79 Å². The predicted molar refractivity (Wildman–Crippen MR) is 73.0 cm³/mol. The highest BCUT2D eigenvalue weighted by Crippen LogP contribution is 2.17. The van der Waals surface area contributed by atoms with Gasteiger partial charge >= 0.3 is 0 Å². The second-order valence-corrected chi connectivity index (χ2v) is 5.04. The molecule has 1 amide bonds. The van der Waals surface area contributed by atoms with Crippen molar-refractivity contribution < 1.29 is 4.79 Å². The smallest absolute Gasteiger partial charge is 0.268 e. The summed E-state index contributed by atoms with van der Waals surface area (Å²) in [6.45, 7) is 0.453. The lowest BCUT2D eigenvalue weighted by Gasteiger charge is -2.06. The van der Waals surface area contributed by atoms with Gasteiger partial charge in [0.25, 0.3) is 5.91 Å². The lowest BCUT2D eigenvalue weighted by molar-refractivity contribution is 0.0942. The van der Waals surface area contributed by atoms with E-state index in [1.54, 1.807) is 22.0 Å². The standard InChI is InChI=1S/C12H16N4OS/c1-15(2)12-14-9(8-18-12)7-13-11(17)10-5-4-6-16(10)3/h4-6,8H,7H2,1-3H3,(H,13,17). The number of amides is 1. The number of rotatable bonds is 4. The van der Waals surface area contributed by atoms with Crippen molar-refractivity contribution in [2.75, 3.05) is 19.0 Å². The number of hydrogen-bond donors (Lipinski definition) is 1. The molecule has 5 nitrogen and oxygen atoms in total. The monoisotopic (exact) mass is 264 g/mol. The number of carbonyl (C=O) groups excluding carboxylic acids is 1. The van der Waals surface area contributed by atoms with E-state index >= 15 is 0 Å². The largest absolute Gasteiger partial charge is 0.354 e. The first-order valence-electron chi connectivity index (χ1n) is 5.59. The number of aromatic nitrogens is 2. The molecule has 0 fully saturated rings. The highest BCUT2D eigenvalue weighted by Gasteiger charge is 2.09. The molecule has 0 aliphatic heterocycles. The average Bonchev–Trinajstić information content (AvgIpc) is 2.94. The van der Waals surface area contributed by atoms with Gasteiger partial charge in [-0.15, -0.1) is 11.3 Å². The van der Waals surface area contributed by atoms with Crippen LogP contribution in [-0.2, 0) is 13.6 Å². The Hall–Kier alpha value is -1.82. The van der Waals surface area contributed by atoms with Crippen molar-refractivity contribution in [3.8, 4) is 0 Å². The van der Waals surface area contributed by atoms with Crippen LogP contribution in [0.3, 0.4) is 0 Å². The van der Waals surface area contributed by atoms with Crippen molar-refractivity contribution >= 4 is 22.4 Å². The summed E-state index contributed by atoms with van der Waals surface area (Å²) in [5.74, 6) is -0.0816. The number of hydrogen-bond acceptors (Lipinski definition) is 4. The summed E-state index contributed by atoms with van der Waals surface area (Å²) < 4.78 is 1.79. The van der Waals surface area contributed by atoms with E-state index in [9.17, 15) is 4.79 Å². The van der Waals surface area contributed by atoms with Gasteiger partial charge in [0.05, 0.1) is 12.2 Å². The third-order valence-corrected chi connectivity index (χ3v) is 3.59. The minimum Gasteiger partial charge on any atom is -0.354 e. The third-order valence-electron chi connectivity index (χ3n) is 2.53. The van der Waals surface area contributed by atoms with Gasteiger partial charge in [-0.25, -0.2) is 4.98 Å². The van der Waals surface area contributed by atoms with Gasteiger partial charge in [0, 0.05) is 32.7 Å². The summed E-state index contributed by atoms with van der Waals surface area (Å²) in [4.78, 5) is 18.2. The molecule has 2 heterocycles. The summed E-state index contributed by atoms with van der Waals surface area (Å²) in [7, 11) is 5.75. The van der Waals surface area contributed by atoms with Gasteiger partial charge in [0.15, 0.2) is 5.13 Å². The minimum atomic E-state index is -0.0816. The summed E-state index contributed by atoms with van der Waals surface area (Å²) >= 11 is 1.57. The topological polar surface area (TPSA) is 50.2 Å². The molecule has 0 atom stereocenters. The van der Waals surface area contributed by atoms with Crippen LogP contribution >= 0.6 is 11.3 Å². The van der Waals surface area contributed by atoms with Crippen LogP contribution in [0.1, 0.15) is 16.2 Å². The van der Waals surface area contributed by atoms with Crippen LogP contribution in [0.4, 0.5) is 5.13 Å². The highest BCUT2D eigenvalue weighted by atomic mass is 32.1. The molecule has 0 aliphatic rings. The number of nitrogens with zero attached hydrogens (tertiary/aromatic N) is 3. The quantitative estimate of drug-likeness (QED) is 0.910. The summed E-state index contributed by atoms with van der Waals surface area (Å²) in [5, 5.41) is 5.76. The molecule has 2 aromatic heterocycles. The van der Waals surface area contributed by atoms with E-state index in [4.69, 9.17) is 0 Å². The first kappa shape index (κ1) is 12.6. The zero-order chi connectivity index (χ0) is 13.1. The molecule has 96 valence electrons. The van der Waals surface area contributed by atoms with Crippen molar-refractivity contribution in [3.05, 3.63) is 35.1 Å².